The van der Waals surface area contributed by atoms with Crippen LogP contribution in [0, 0.1) is 0 Å². The number of rotatable bonds is 7. The molecule has 1 amide bonds. The molecule has 1 aromatic carbocycles. The molecule has 6 nitrogen and oxygen atoms in total. The van der Waals surface area contributed by atoms with E-state index in [2.05, 4.69) is 10.3 Å². The van der Waals surface area contributed by atoms with Gasteiger partial charge in [-0.25, -0.2) is 4.98 Å². The summed E-state index contributed by atoms with van der Waals surface area (Å²) < 4.78 is 10.2. The molecule has 0 radical (unpaired) electrons. The molecule has 1 heterocycles. The quantitative estimate of drug-likeness (QED) is 0.788. The van der Waals surface area contributed by atoms with Crippen molar-refractivity contribution in [2.24, 2.45) is 0 Å². The summed E-state index contributed by atoms with van der Waals surface area (Å²) in [5, 5.41) is 2.82. The fourth-order valence-corrected chi connectivity index (χ4v) is 2.21. The molecule has 0 saturated heterocycles. The van der Waals surface area contributed by atoms with E-state index in [0.29, 0.717) is 29.3 Å². The molecule has 24 heavy (non-hydrogen) atoms. The number of benzene rings is 1. The van der Waals surface area contributed by atoms with Gasteiger partial charge in [0.25, 0.3) is 0 Å². The van der Waals surface area contributed by atoms with Crippen LogP contribution < -0.4 is 14.8 Å². The second-order valence-corrected chi connectivity index (χ2v) is 5.25. The summed E-state index contributed by atoms with van der Waals surface area (Å²) in [6.45, 7) is 1.85. The molecule has 0 aliphatic rings. The minimum Gasteiger partial charge on any atom is -0.496 e. The minimum absolute atomic E-state index is 0.0522. The van der Waals surface area contributed by atoms with E-state index < -0.39 is 0 Å². The number of ether oxygens (including phenoxy) is 2. The Labute approximate surface area is 140 Å². The first-order valence-corrected chi connectivity index (χ1v) is 7.47. The largest absolute Gasteiger partial charge is 0.496 e. The number of carbonyl (C=O) groups is 2. The molecule has 0 fully saturated rings. The number of methoxy groups -OCH3 is 2. The highest BCUT2D eigenvalue weighted by atomic mass is 16.5. The molecule has 2 aromatic rings. The summed E-state index contributed by atoms with van der Waals surface area (Å²) in [5.41, 5.74) is 2.10. The molecule has 1 aromatic heterocycles. The lowest BCUT2D eigenvalue weighted by Gasteiger charge is -2.10. The summed E-state index contributed by atoms with van der Waals surface area (Å²) in [7, 11) is 3.08. The van der Waals surface area contributed by atoms with Crippen LogP contribution in [0.4, 0.5) is 0 Å². The smallest absolute Gasteiger partial charge is 0.224 e. The van der Waals surface area contributed by atoms with Crippen molar-refractivity contribution in [2.75, 3.05) is 14.2 Å². The second-order valence-electron chi connectivity index (χ2n) is 5.25. The fourth-order valence-electron chi connectivity index (χ4n) is 2.21. The van der Waals surface area contributed by atoms with Crippen LogP contribution in [0.3, 0.4) is 0 Å². The number of aromatic nitrogens is 1. The highest BCUT2D eigenvalue weighted by Gasteiger charge is 2.11. The number of nitrogens with zero attached hydrogens (tertiary/aromatic N) is 1. The SMILES string of the molecule is COc1ccc(CNC(=O)Cc2cc(C(C)=O)ccc2OC)cn1. The Morgan fingerprint density at radius 1 is 1.12 bits per heavy atom. The molecule has 0 bridgehead atoms. The highest BCUT2D eigenvalue weighted by molar-refractivity contribution is 5.94. The maximum Gasteiger partial charge on any atom is 0.224 e. The van der Waals surface area contributed by atoms with Gasteiger partial charge in [0.15, 0.2) is 5.78 Å². The third-order valence-corrected chi connectivity index (χ3v) is 3.53. The van der Waals surface area contributed by atoms with Crippen LogP contribution in [-0.2, 0) is 17.8 Å². The first-order valence-electron chi connectivity index (χ1n) is 7.47. The first kappa shape index (κ1) is 17.5. The van der Waals surface area contributed by atoms with Crippen LogP contribution >= 0.6 is 0 Å². The maximum absolute atomic E-state index is 12.2. The second kappa shape index (κ2) is 8.10. The Morgan fingerprint density at radius 3 is 2.50 bits per heavy atom. The molecule has 1 N–H and O–H groups in total. The Bertz CT molecular complexity index is 726. The van der Waals surface area contributed by atoms with Gasteiger partial charge in [0.05, 0.1) is 20.6 Å². The summed E-state index contributed by atoms with van der Waals surface area (Å²) in [6, 6.07) is 8.65. The monoisotopic (exact) mass is 328 g/mol. The van der Waals surface area contributed by atoms with Crippen LogP contribution in [-0.4, -0.2) is 30.9 Å². The van der Waals surface area contributed by atoms with Crippen molar-refractivity contribution in [1.82, 2.24) is 10.3 Å². The van der Waals surface area contributed by atoms with Gasteiger partial charge in [-0.1, -0.05) is 6.07 Å². The number of carbonyl (C=O) groups excluding carboxylic acids is 2. The van der Waals surface area contributed by atoms with Crippen molar-refractivity contribution in [2.45, 2.75) is 19.9 Å². The van der Waals surface area contributed by atoms with E-state index >= 15 is 0 Å². The fraction of sp³-hybridized carbons (Fsp3) is 0.278. The van der Waals surface area contributed by atoms with Crippen LogP contribution in [0.2, 0.25) is 0 Å². The Balaban J connectivity index is 2.00. The number of hydrogen-bond donors (Lipinski definition) is 1. The van der Waals surface area contributed by atoms with Crippen LogP contribution in [0.5, 0.6) is 11.6 Å². The molecule has 0 atom stereocenters. The minimum atomic E-state index is -0.162. The average Bonchev–Trinajstić information content (AvgIpc) is 2.60. The van der Waals surface area contributed by atoms with Gasteiger partial charge in [0, 0.05) is 29.9 Å². The van der Waals surface area contributed by atoms with Crippen molar-refractivity contribution < 1.29 is 19.1 Å². The molecule has 0 aliphatic heterocycles. The van der Waals surface area contributed by atoms with E-state index in [4.69, 9.17) is 9.47 Å². The third kappa shape index (κ3) is 4.55. The number of pyridine rings is 1. The van der Waals surface area contributed by atoms with E-state index in [9.17, 15) is 9.59 Å². The van der Waals surface area contributed by atoms with E-state index in [0.717, 1.165) is 5.56 Å². The summed E-state index contributed by atoms with van der Waals surface area (Å²) in [4.78, 5) is 27.7. The zero-order chi connectivity index (χ0) is 17.5. The molecular formula is C18H20N2O4. The standard InChI is InChI=1S/C18H20N2O4/c1-12(21)14-5-6-16(23-2)15(8-14)9-17(22)19-10-13-4-7-18(24-3)20-11-13/h4-8,11H,9-10H2,1-3H3,(H,19,22). The molecule has 0 unspecified atom stereocenters. The Hall–Kier alpha value is -2.89. The number of amides is 1. The maximum atomic E-state index is 12.2. The third-order valence-electron chi connectivity index (χ3n) is 3.53. The van der Waals surface area contributed by atoms with Gasteiger partial charge in [-0.05, 0) is 30.7 Å². The van der Waals surface area contributed by atoms with Crippen molar-refractivity contribution in [3.63, 3.8) is 0 Å². The Kier molecular flexibility index (Phi) is 5.89. The average molecular weight is 328 g/mol. The lowest BCUT2D eigenvalue weighted by atomic mass is 10.0. The number of Topliss-reactive ketones (excluding diaryl/α,β-unsaturated/α-hetero) is 1. The molecule has 0 saturated carbocycles. The zero-order valence-electron chi connectivity index (χ0n) is 14.0. The van der Waals surface area contributed by atoms with Gasteiger partial charge >= 0.3 is 0 Å². The normalized spacial score (nSPS) is 10.1. The lowest BCUT2D eigenvalue weighted by Crippen LogP contribution is -2.25. The van der Waals surface area contributed by atoms with E-state index in [-0.39, 0.29) is 18.1 Å². The molecule has 0 spiro atoms. The van der Waals surface area contributed by atoms with Crippen LogP contribution in [0.25, 0.3) is 0 Å². The number of ketones is 1. The van der Waals surface area contributed by atoms with Crippen molar-refractivity contribution in [3.8, 4) is 11.6 Å². The number of nitrogens with one attached hydrogen (secondary N) is 1. The number of hydrogen-bond acceptors (Lipinski definition) is 5. The molecule has 2 rings (SSSR count). The molecular weight excluding hydrogens is 308 g/mol. The first-order chi connectivity index (χ1) is 11.5. The van der Waals surface area contributed by atoms with E-state index in [1.807, 2.05) is 6.07 Å². The molecule has 126 valence electrons. The predicted octanol–water partition coefficient (Wildman–Crippen LogP) is 2.16. The van der Waals surface area contributed by atoms with Crippen molar-refractivity contribution >= 4 is 11.7 Å². The van der Waals surface area contributed by atoms with Crippen molar-refractivity contribution in [1.29, 1.82) is 0 Å². The molecule has 0 aliphatic carbocycles. The van der Waals surface area contributed by atoms with Gasteiger partial charge in [-0.2, -0.15) is 0 Å². The Morgan fingerprint density at radius 2 is 1.92 bits per heavy atom. The predicted molar refractivity (Wildman–Crippen MR) is 89.3 cm³/mol. The zero-order valence-corrected chi connectivity index (χ0v) is 14.0. The van der Waals surface area contributed by atoms with E-state index in [1.54, 1.807) is 37.6 Å². The summed E-state index contributed by atoms with van der Waals surface area (Å²) in [5.74, 6) is 0.894. The van der Waals surface area contributed by atoms with Gasteiger partial charge in [0.1, 0.15) is 5.75 Å². The molecule has 6 heteroatoms. The van der Waals surface area contributed by atoms with Crippen molar-refractivity contribution in [3.05, 3.63) is 53.2 Å². The van der Waals surface area contributed by atoms with Crippen LogP contribution in [0.1, 0.15) is 28.4 Å². The van der Waals surface area contributed by atoms with Gasteiger partial charge in [0.2, 0.25) is 11.8 Å². The highest BCUT2D eigenvalue weighted by Crippen LogP contribution is 2.21. The van der Waals surface area contributed by atoms with E-state index in [1.165, 1.54) is 14.0 Å². The van der Waals surface area contributed by atoms with Gasteiger partial charge in [-0.15, -0.1) is 0 Å². The van der Waals surface area contributed by atoms with Crippen LogP contribution in [0.15, 0.2) is 36.5 Å². The van der Waals surface area contributed by atoms with Gasteiger partial charge < -0.3 is 14.8 Å². The topological polar surface area (TPSA) is 77.5 Å². The van der Waals surface area contributed by atoms with Gasteiger partial charge in [-0.3, -0.25) is 9.59 Å². The summed E-state index contributed by atoms with van der Waals surface area (Å²) in [6.07, 6.45) is 1.78. The lowest BCUT2D eigenvalue weighted by molar-refractivity contribution is -0.120. The summed E-state index contributed by atoms with van der Waals surface area (Å²) >= 11 is 0.